The summed E-state index contributed by atoms with van der Waals surface area (Å²) in [5.74, 6) is 0.561. The van der Waals surface area contributed by atoms with Crippen molar-refractivity contribution < 1.29 is 5.11 Å². The number of aliphatic hydroxyl groups is 1. The highest BCUT2D eigenvalue weighted by molar-refractivity contribution is 5.83. The van der Waals surface area contributed by atoms with E-state index < -0.39 is 0 Å². The van der Waals surface area contributed by atoms with Crippen LogP contribution in [0.25, 0.3) is 0 Å². The maximum atomic E-state index is 8.69. The lowest BCUT2D eigenvalue weighted by atomic mass is 10.6. The smallest absolute Gasteiger partial charge is 0.213 e. The van der Waals surface area contributed by atoms with Gasteiger partial charge in [0.25, 0.3) is 0 Å². The van der Waals surface area contributed by atoms with Gasteiger partial charge in [-0.15, -0.1) is 9.98 Å². The normalized spacial score (nSPS) is 17.6. The van der Waals surface area contributed by atoms with Crippen LogP contribution in [0.15, 0.2) is 9.98 Å². The first-order chi connectivity index (χ1) is 8.81. The van der Waals surface area contributed by atoms with Crippen molar-refractivity contribution in [3.05, 3.63) is 0 Å². The molecular weight excluding hydrogens is 238 g/mol. The fraction of sp³-hybridized carbons (Fsp3) is 0.500. The Morgan fingerprint density at radius 3 is 2.94 bits per heavy atom. The average Bonchev–Trinajstić information content (AvgIpc) is 2.38. The Bertz CT molecular complexity index is 404. The highest BCUT2D eigenvalue weighted by Gasteiger charge is 2.15. The molecule has 10 heteroatoms. The van der Waals surface area contributed by atoms with Crippen LogP contribution in [-0.4, -0.2) is 48.7 Å². The van der Waals surface area contributed by atoms with Gasteiger partial charge in [-0.1, -0.05) is 0 Å². The molecule has 96 valence electrons. The molecule has 1 saturated heterocycles. The first-order valence-electron chi connectivity index (χ1n) is 5.03. The van der Waals surface area contributed by atoms with Crippen LogP contribution in [0.4, 0.5) is 0 Å². The molecule has 0 unspecified atom stereocenters. The molecule has 10 nitrogen and oxygen atoms in total. The van der Waals surface area contributed by atoms with E-state index in [0.29, 0.717) is 19.3 Å². The summed E-state index contributed by atoms with van der Waals surface area (Å²) in [5, 5.41) is 36.8. The van der Waals surface area contributed by atoms with Gasteiger partial charge >= 0.3 is 0 Å². The molecule has 0 aromatic heterocycles. The van der Waals surface area contributed by atoms with E-state index in [0.717, 1.165) is 0 Å². The van der Waals surface area contributed by atoms with Crippen LogP contribution in [0.3, 0.4) is 0 Å². The number of nitrogens with zero attached hydrogens (tertiary/aromatic N) is 5. The molecule has 0 aromatic rings. The summed E-state index contributed by atoms with van der Waals surface area (Å²) in [6.45, 7) is 0.918. The molecule has 0 spiro atoms. The minimum atomic E-state index is -0.344. The van der Waals surface area contributed by atoms with Crippen molar-refractivity contribution in [3.8, 4) is 12.4 Å². The first kappa shape index (κ1) is 13.5. The summed E-state index contributed by atoms with van der Waals surface area (Å²) in [6.07, 6.45) is 3.29. The van der Waals surface area contributed by atoms with Gasteiger partial charge in [0.2, 0.25) is 24.3 Å². The molecule has 0 aromatic carbocycles. The molecule has 0 atom stereocenters. The van der Waals surface area contributed by atoms with Crippen LogP contribution in [0, 0.1) is 22.9 Å². The predicted octanol–water partition coefficient (Wildman–Crippen LogP) is -2.84. The largest absolute Gasteiger partial charge is 0.376 e. The second-order valence-corrected chi connectivity index (χ2v) is 3.07. The van der Waals surface area contributed by atoms with Gasteiger partial charge in [0, 0.05) is 0 Å². The van der Waals surface area contributed by atoms with Crippen LogP contribution < -0.4 is 21.3 Å². The van der Waals surface area contributed by atoms with Crippen molar-refractivity contribution in [2.45, 2.75) is 0 Å². The molecule has 0 bridgehead atoms. The standard InChI is InChI=1S/C8H13N9O/c9-1-12-7(16-6-18)15-5-17-4-11-3-14-8(17)13-2-10/h11,18H,3-6H2,(H,13,14)(H2,12,15,16). The van der Waals surface area contributed by atoms with Gasteiger partial charge in [0.05, 0.1) is 20.0 Å². The summed E-state index contributed by atoms with van der Waals surface area (Å²) < 4.78 is 0. The third-order valence-electron chi connectivity index (χ3n) is 1.98. The quantitative estimate of drug-likeness (QED) is 0.156. The zero-order valence-corrected chi connectivity index (χ0v) is 9.51. The fourth-order valence-electron chi connectivity index (χ4n) is 1.24. The summed E-state index contributed by atoms with van der Waals surface area (Å²) in [5.41, 5.74) is 0. The number of guanidine groups is 2. The van der Waals surface area contributed by atoms with Gasteiger partial charge in [0.1, 0.15) is 6.73 Å². The van der Waals surface area contributed by atoms with Crippen LogP contribution in [-0.2, 0) is 0 Å². The maximum Gasteiger partial charge on any atom is 0.213 e. The third kappa shape index (κ3) is 4.13. The van der Waals surface area contributed by atoms with Crippen LogP contribution in [0.5, 0.6) is 0 Å². The third-order valence-corrected chi connectivity index (χ3v) is 1.98. The van der Waals surface area contributed by atoms with Crippen molar-refractivity contribution in [3.63, 3.8) is 0 Å². The zero-order valence-electron chi connectivity index (χ0n) is 9.51. The van der Waals surface area contributed by atoms with Crippen molar-refractivity contribution in [2.75, 3.05) is 26.7 Å². The maximum absolute atomic E-state index is 8.69. The van der Waals surface area contributed by atoms with E-state index in [-0.39, 0.29) is 19.4 Å². The van der Waals surface area contributed by atoms with Gasteiger partial charge in [-0.05, 0) is 0 Å². The molecule has 0 amide bonds. The van der Waals surface area contributed by atoms with Crippen LogP contribution >= 0.6 is 0 Å². The highest BCUT2D eigenvalue weighted by Crippen LogP contribution is 1.90. The van der Waals surface area contributed by atoms with Crippen molar-refractivity contribution in [1.82, 2.24) is 26.2 Å². The molecule has 0 aliphatic carbocycles. The number of nitrogens with one attached hydrogen (secondary N) is 4. The Labute approximate surface area is 104 Å². The minimum absolute atomic E-state index is 0.141. The number of aliphatic imine (C=N–C) groups is 2. The van der Waals surface area contributed by atoms with E-state index in [2.05, 4.69) is 31.3 Å². The van der Waals surface area contributed by atoms with E-state index >= 15 is 0 Å². The first-order valence-corrected chi connectivity index (χ1v) is 5.03. The minimum Gasteiger partial charge on any atom is -0.376 e. The molecular formula is C8H13N9O. The van der Waals surface area contributed by atoms with Crippen molar-refractivity contribution in [2.24, 2.45) is 9.98 Å². The summed E-state index contributed by atoms with van der Waals surface area (Å²) in [7, 11) is 0. The van der Waals surface area contributed by atoms with Gasteiger partial charge < -0.3 is 26.0 Å². The van der Waals surface area contributed by atoms with Gasteiger partial charge in [-0.2, -0.15) is 10.5 Å². The highest BCUT2D eigenvalue weighted by atomic mass is 16.3. The monoisotopic (exact) mass is 251 g/mol. The van der Waals surface area contributed by atoms with E-state index in [1.165, 1.54) is 0 Å². The molecule has 0 radical (unpaired) electrons. The Balaban J connectivity index is 2.55. The Morgan fingerprint density at radius 1 is 1.44 bits per heavy atom. The fourth-order valence-corrected chi connectivity index (χ4v) is 1.24. The second kappa shape index (κ2) is 7.67. The summed E-state index contributed by atoms with van der Waals surface area (Å²) in [4.78, 5) is 8.75. The molecule has 1 rings (SSSR count). The van der Waals surface area contributed by atoms with Crippen LogP contribution in [0.2, 0.25) is 0 Å². The van der Waals surface area contributed by atoms with E-state index in [4.69, 9.17) is 15.6 Å². The topological polar surface area (TPSA) is 144 Å². The second-order valence-electron chi connectivity index (χ2n) is 3.07. The van der Waals surface area contributed by atoms with E-state index in [1.807, 2.05) is 0 Å². The van der Waals surface area contributed by atoms with Crippen molar-refractivity contribution in [1.29, 1.82) is 10.5 Å². The van der Waals surface area contributed by atoms with Gasteiger partial charge in [-0.3, -0.25) is 5.32 Å². The predicted molar refractivity (Wildman–Crippen MR) is 62.2 cm³/mol. The number of rotatable bonds is 3. The summed E-state index contributed by atoms with van der Waals surface area (Å²) >= 11 is 0. The SMILES string of the molecule is N#C/N=C(/NCO)NCN1CNCN/C1=N\C#N. The summed E-state index contributed by atoms with van der Waals surface area (Å²) in [6, 6.07) is 0. The molecule has 18 heavy (non-hydrogen) atoms. The Kier molecular flexibility index (Phi) is 5.76. The Morgan fingerprint density at radius 2 is 2.28 bits per heavy atom. The molecule has 1 aliphatic heterocycles. The zero-order chi connectivity index (χ0) is 13.2. The lowest BCUT2D eigenvalue weighted by molar-refractivity contribution is 0.281. The van der Waals surface area contributed by atoms with Crippen LogP contribution in [0.1, 0.15) is 0 Å². The van der Waals surface area contributed by atoms with Crippen molar-refractivity contribution >= 4 is 11.9 Å². The van der Waals surface area contributed by atoms with Gasteiger partial charge in [-0.25, -0.2) is 0 Å². The Hall–Kier alpha value is -2.56. The molecule has 5 N–H and O–H groups in total. The number of aliphatic hydroxyl groups excluding tert-OH is 1. The lowest BCUT2D eigenvalue weighted by Gasteiger charge is -2.31. The number of hydrogen-bond donors (Lipinski definition) is 5. The molecule has 1 heterocycles. The molecule has 1 fully saturated rings. The molecule has 1 aliphatic rings. The lowest BCUT2D eigenvalue weighted by Crippen LogP contribution is -2.58. The molecule has 0 saturated carbocycles. The average molecular weight is 251 g/mol. The number of hydrogen-bond acceptors (Lipinski definition) is 6. The van der Waals surface area contributed by atoms with E-state index in [1.54, 1.807) is 17.3 Å². The van der Waals surface area contributed by atoms with Gasteiger partial charge in [0.15, 0.2) is 0 Å². The number of nitriles is 2. The van der Waals surface area contributed by atoms with E-state index in [9.17, 15) is 0 Å².